The molecule has 3 amide bonds. The van der Waals surface area contributed by atoms with Crippen molar-refractivity contribution in [2.45, 2.75) is 0 Å². The van der Waals surface area contributed by atoms with E-state index in [1.165, 1.54) is 42.5 Å². The van der Waals surface area contributed by atoms with Crippen LogP contribution in [0.2, 0.25) is 0 Å². The third-order valence-corrected chi connectivity index (χ3v) is 5.11. The number of halogens is 3. The Morgan fingerprint density at radius 2 is 1.61 bits per heavy atom. The van der Waals surface area contributed by atoms with Crippen LogP contribution in [0.25, 0.3) is 10.9 Å². The van der Waals surface area contributed by atoms with E-state index in [1.54, 1.807) is 24.3 Å². The molecule has 0 aliphatic heterocycles. The lowest BCUT2D eigenvalue weighted by Gasteiger charge is -2.13. The van der Waals surface area contributed by atoms with Crippen molar-refractivity contribution >= 4 is 55.9 Å². The summed E-state index contributed by atoms with van der Waals surface area (Å²) in [6, 6.07) is 17.2. The van der Waals surface area contributed by atoms with Crippen LogP contribution in [0.5, 0.6) is 0 Å². The van der Waals surface area contributed by atoms with Crippen molar-refractivity contribution in [2.75, 3.05) is 16.1 Å². The number of hydrogen-bond acceptors (Lipinski definition) is 3. The Bertz CT molecular complexity index is 1400. The van der Waals surface area contributed by atoms with Crippen LogP contribution in [-0.4, -0.2) is 22.4 Å². The molecule has 0 unspecified atom stereocenters. The van der Waals surface area contributed by atoms with Crippen molar-refractivity contribution in [1.29, 1.82) is 0 Å². The van der Waals surface area contributed by atoms with Gasteiger partial charge in [0.25, 0.3) is 5.91 Å². The quantitative estimate of drug-likeness (QED) is 0.347. The van der Waals surface area contributed by atoms with Crippen molar-refractivity contribution < 1.29 is 23.2 Å². The van der Waals surface area contributed by atoms with Crippen LogP contribution < -0.4 is 16.1 Å². The van der Waals surface area contributed by atoms with E-state index in [0.717, 1.165) is 15.2 Å². The first-order valence-electron chi connectivity index (χ1n) is 9.56. The van der Waals surface area contributed by atoms with Gasteiger partial charge in [-0.15, -0.1) is 0 Å². The van der Waals surface area contributed by atoms with Crippen LogP contribution >= 0.6 is 15.9 Å². The number of nitrogens with one attached hydrogen (secondary N) is 3. The molecule has 0 saturated heterocycles. The van der Waals surface area contributed by atoms with Crippen LogP contribution in [0.4, 0.5) is 20.2 Å². The van der Waals surface area contributed by atoms with Gasteiger partial charge in [-0.05, 0) is 54.6 Å². The Labute approximate surface area is 194 Å². The van der Waals surface area contributed by atoms with Gasteiger partial charge in [-0.2, -0.15) is 0 Å². The Morgan fingerprint density at radius 3 is 2.36 bits per heavy atom. The van der Waals surface area contributed by atoms with E-state index in [-0.39, 0.29) is 17.1 Å². The SMILES string of the molecule is O=C(Nc1cccc(F)c1)C(=O)Nn1c(C(=O)Nc2ccccc2F)cc2cc(Br)ccc21. The summed E-state index contributed by atoms with van der Waals surface area (Å²) < 4.78 is 29.2. The second kappa shape index (κ2) is 9.21. The number of hydrogen-bond donors (Lipinski definition) is 3. The number of anilines is 2. The van der Waals surface area contributed by atoms with Gasteiger partial charge >= 0.3 is 11.8 Å². The monoisotopic (exact) mass is 512 g/mol. The minimum atomic E-state index is -1.10. The van der Waals surface area contributed by atoms with Crippen molar-refractivity contribution in [3.8, 4) is 0 Å². The Kier molecular flexibility index (Phi) is 6.18. The number of benzene rings is 3. The molecule has 4 rings (SSSR count). The highest BCUT2D eigenvalue weighted by Crippen LogP contribution is 2.24. The molecule has 0 radical (unpaired) electrons. The van der Waals surface area contributed by atoms with E-state index in [4.69, 9.17) is 0 Å². The molecule has 7 nitrogen and oxygen atoms in total. The summed E-state index contributed by atoms with van der Waals surface area (Å²) in [7, 11) is 0. The van der Waals surface area contributed by atoms with E-state index < -0.39 is 29.4 Å². The van der Waals surface area contributed by atoms with Gasteiger partial charge in [-0.25, -0.2) is 13.5 Å². The summed E-state index contributed by atoms with van der Waals surface area (Å²) in [6.07, 6.45) is 0. The van der Waals surface area contributed by atoms with Gasteiger partial charge in [0.15, 0.2) is 0 Å². The van der Waals surface area contributed by atoms with Crippen molar-refractivity contribution in [3.05, 3.63) is 94.6 Å². The molecule has 0 saturated carbocycles. The highest BCUT2D eigenvalue weighted by atomic mass is 79.9. The molecule has 33 heavy (non-hydrogen) atoms. The summed E-state index contributed by atoms with van der Waals surface area (Å²) in [5.74, 6) is -4.09. The van der Waals surface area contributed by atoms with Crippen LogP contribution in [0.3, 0.4) is 0 Å². The standard InChI is InChI=1S/C23H15BrF2N4O3/c24-14-8-9-19-13(10-14)11-20(21(31)28-18-7-2-1-6-17(18)26)30(19)29-23(33)22(32)27-16-5-3-4-15(25)12-16/h1-12H,(H,27,32)(H,28,31)(H,29,33). The molecule has 4 aromatic rings. The molecule has 0 atom stereocenters. The van der Waals surface area contributed by atoms with E-state index in [0.29, 0.717) is 10.9 Å². The summed E-state index contributed by atoms with van der Waals surface area (Å²) in [5.41, 5.74) is 2.79. The fourth-order valence-electron chi connectivity index (χ4n) is 3.13. The average Bonchev–Trinajstić information content (AvgIpc) is 3.12. The van der Waals surface area contributed by atoms with Gasteiger partial charge in [0.2, 0.25) is 0 Å². The third-order valence-electron chi connectivity index (χ3n) is 4.62. The van der Waals surface area contributed by atoms with Gasteiger partial charge in [0.05, 0.1) is 11.2 Å². The molecule has 0 bridgehead atoms. The number of para-hydroxylation sites is 1. The lowest BCUT2D eigenvalue weighted by Crippen LogP contribution is -2.36. The number of fused-ring (bicyclic) bond motifs is 1. The maximum atomic E-state index is 14.0. The number of aromatic nitrogens is 1. The van der Waals surface area contributed by atoms with Gasteiger partial charge < -0.3 is 10.6 Å². The zero-order valence-electron chi connectivity index (χ0n) is 16.7. The molecule has 0 fully saturated rings. The van der Waals surface area contributed by atoms with Crippen molar-refractivity contribution in [3.63, 3.8) is 0 Å². The van der Waals surface area contributed by atoms with E-state index in [2.05, 4.69) is 32.0 Å². The normalized spacial score (nSPS) is 10.6. The van der Waals surface area contributed by atoms with Crippen LogP contribution in [0.15, 0.2) is 77.3 Å². The second-order valence-electron chi connectivity index (χ2n) is 6.91. The fourth-order valence-corrected chi connectivity index (χ4v) is 3.51. The lowest BCUT2D eigenvalue weighted by atomic mass is 10.2. The largest absolute Gasteiger partial charge is 0.328 e. The van der Waals surface area contributed by atoms with Gasteiger partial charge in [-0.1, -0.05) is 34.1 Å². The summed E-state index contributed by atoms with van der Waals surface area (Å²) in [4.78, 5) is 37.8. The highest BCUT2D eigenvalue weighted by Gasteiger charge is 2.22. The molecule has 3 aromatic carbocycles. The second-order valence-corrected chi connectivity index (χ2v) is 7.82. The van der Waals surface area contributed by atoms with Crippen molar-refractivity contribution in [2.24, 2.45) is 0 Å². The smallest absolute Gasteiger partial charge is 0.318 e. The third kappa shape index (κ3) is 4.90. The molecule has 1 heterocycles. The summed E-state index contributed by atoms with van der Waals surface area (Å²) in [6.45, 7) is 0. The summed E-state index contributed by atoms with van der Waals surface area (Å²) >= 11 is 3.34. The molecule has 0 spiro atoms. The molecule has 3 N–H and O–H groups in total. The van der Waals surface area contributed by atoms with Gasteiger partial charge in [0, 0.05) is 15.5 Å². The topological polar surface area (TPSA) is 92.2 Å². The molecule has 0 aliphatic carbocycles. The molecular weight excluding hydrogens is 498 g/mol. The average molecular weight is 513 g/mol. The van der Waals surface area contributed by atoms with Crippen LogP contribution in [0, 0.1) is 11.6 Å². The Hall–Kier alpha value is -4.05. The first-order valence-corrected chi connectivity index (χ1v) is 10.4. The van der Waals surface area contributed by atoms with Gasteiger partial charge in [0.1, 0.15) is 17.3 Å². The first kappa shape index (κ1) is 22.2. The highest BCUT2D eigenvalue weighted by molar-refractivity contribution is 9.10. The molecule has 166 valence electrons. The number of amides is 3. The minimum Gasteiger partial charge on any atom is -0.318 e. The number of carbonyl (C=O) groups excluding carboxylic acids is 3. The molecule has 10 heteroatoms. The van der Waals surface area contributed by atoms with Crippen molar-refractivity contribution in [1.82, 2.24) is 4.68 Å². The van der Waals surface area contributed by atoms with E-state index >= 15 is 0 Å². The molecule has 0 aliphatic rings. The zero-order valence-corrected chi connectivity index (χ0v) is 18.3. The molecular formula is C23H15BrF2N4O3. The maximum absolute atomic E-state index is 14.0. The Morgan fingerprint density at radius 1 is 0.818 bits per heavy atom. The number of rotatable bonds is 4. The van der Waals surface area contributed by atoms with E-state index in [1.807, 2.05) is 0 Å². The van der Waals surface area contributed by atoms with E-state index in [9.17, 15) is 23.2 Å². The zero-order chi connectivity index (χ0) is 23.5. The minimum absolute atomic E-state index is 0.0433. The number of carbonyl (C=O) groups is 3. The molecule has 1 aromatic heterocycles. The summed E-state index contributed by atoms with van der Waals surface area (Å²) in [5, 5.41) is 5.31. The lowest BCUT2D eigenvalue weighted by molar-refractivity contribution is -0.133. The predicted octanol–water partition coefficient (Wildman–Crippen LogP) is 4.64. The van der Waals surface area contributed by atoms with Gasteiger partial charge in [-0.3, -0.25) is 19.8 Å². The predicted molar refractivity (Wildman–Crippen MR) is 123 cm³/mol. The first-order chi connectivity index (χ1) is 15.8. The van der Waals surface area contributed by atoms with Crippen LogP contribution in [0.1, 0.15) is 10.5 Å². The Balaban J connectivity index is 1.64. The van der Waals surface area contributed by atoms with Crippen LogP contribution in [-0.2, 0) is 9.59 Å². The maximum Gasteiger partial charge on any atom is 0.328 e. The fraction of sp³-hybridized carbons (Fsp3) is 0. The number of nitrogens with zero attached hydrogens (tertiary/aromatic N) is 1.